The highest BCUT2D eigenvalue weighted by atomic mass is 15.2. The van der Waals surface area contributed by atoms with E-state index in [1.165, 1.54) is 0 Å². The number of aromatic nitrogens is 1. The molecule has 3 nitrogen and oxygen atoms in total. The normalized spacial score (nSPS) is 14.8. The second-order valence-corrected chi connectivity index (χ2v) is 2.96. The van der Waals surface area contributed by atoms with Crippen LogP contribution in [0.4, 0.5) is 5.82 Å². The van der Waals surface area contributed by atoms with Gasteiger partial charge in [-0.15, -0.1) is 0 Å². The summed E-state index contributed by atoms with van der Waals surface area (Å²) in [5.74, 6) is 0.865. The van der Waals surface area contributed by atoms with E-state index in [0.29, 0.717) is 6.54 Å². The lowest BCUT2D eigenvalue weighted by atomic mass is 10.2. The van der Waals surface area contributed by atoms with E-state index in [-0.39, 0.29) is 0 Å². The molecular weight excluding hydrogens is 174 g/mol. The summed E-state index contributed by atoms with van der Waals surface area (Å²) in [5.41, 5.74) is 0.748. The molecule has 0 spiro atoms. The van der Waals surface area contributed by atoms with E-state index in [0.717, 1.165) is 11.4 Å². The molecule has 68 valence electrons. The molecule has 0 aliphatic carbocycles. The maximum atomic E-state index is 8.76. The topological polar surface area (TPSA) is 39.9 Å². The summed E-state index contributed by atoms with van der Waals surface area (Å²) in [6.45, 7) is 0.601. The summed E-state index contributed by atoms with van der Waals surface area (Å²) in [7, 11) is 0. The van der Waals surface area contributed by atoms with Gasteiger partial charge >= 0.3 is 0 Å². The Hall–Kier alpha value is -2.08. The van der Waals surface area contributed by atoms with E-state index in [1.807, 2.05) is 41.5 Å². The van der Waals surface area contributed by atoms with Crippen molar-refractivity contribution in [2.75, 3.05) is 11.4 Å². The molecule has 1 aromatic heterocycles. The highest BCUT2D eigenvalue weighted by Crippen LogP contribution is 2.14. The van der Waals surface area contributed by atoms with Crippen LogP contribution >= 0.6 is 0 Å². The number of pyridine rings is 1. The van der Waals surface area contributed by atoms with Gasteiger partial charge < -0.3 is 4.90 Å². The van der Waals surface area contributed by atoms with Crippen LogP contribution in [0, 0.1) is 11.3 Å². The summed E-state index contributed by atoms with van der Waals surface area (Å²) in [6, 6.07) is 7.87. The molecule has 0 unspecified atom stereocenters. The third-order valence-electron chi connectivity index (χ3n) is 1.99. The van der Waals surface area contributed by atoms with E-state index in [1.54, 1.807) is 6.20 Å². The molecule has 2 heterocycles. The van der Waals surface area contributed by atoms with Crippen LogP contribution < -0.4 is 4.90 Å². The van der Waals surface area contributed by atoms with Crippen molar-refractivity contribution in [2.45, 2.75) is 0 Å². The maximum absolute atomic E-state index is 8.76. The summed E-state index contributed by atoms with van der Waals surface area (Å²) in [5, 5.41) is 8.76. The molecule has 0 saturated carbocycles. The van der Waals surface area contributed by atoms with E-state index in [2.05, 4.69) is 11.1 Å². The van der Waals surface area contributed by atoms with Crippen LogP contribution in [-0.4, -0.2) is 11.5 Å². The fourth-order valence-electron chi connectivity index (χ4n) is 1.31. The Bertz CT molecular complexity index is 412. The van der Waals surface area contributed by atoms with Gasteiger partial charge in [-0.1, -0.05) is 6.07 Å². The monoisotopic (exact) mass is 183 g/mol. The Labute approximate surface area is 82.6 Å². The van der Waals surface area contributed by atoms with E-state index < -0.39 is 0 Å². The van der Waals surface area contributed by atoms with Crippen LogP contribution in [0.2, 0.25) is 0 Å². The zero-order chi connectivity index (χ0) is 9.80. The number of hydrogen-bond donors (Lipinski definition) is 0. The molecule has 0 saturated heterocycles. The molecule has 0 radical (unpaired) electrons. The van der Waals surface area contributed by atoms with Gasteiger partial charge in [-0.05, 0) is 24.3 Å². The lowest BCUT2D eigenvalue weighted by molar-refractivity contribution is 1.00. The summed E-state index contributed by atoms with van der Waals surface area (Å²) in [6.07, 6.45) is 7.34. The van der Waals surface area contributed by atoms with Gasteiger partial charge in [0.2, 0.25) is 0 Å². The third-order valence-corrected chi connectivity index (χ3v) is 1.99. The molecule has 0 atom stereocenters. The molecule has 3 heteroatoms. The highest BCUT2D eigenvalue weighted by Gasteiger charge is 2.08. The van der Waals surface area contributed by atoms with Crippen molar-refractivity contribution in [1.29, 1.82) is 5.26 Å². The van der Waals surface area contributed by atoms with E-state index >= 15 is 0 Å². The fourth-order valence-corrected chi connectivity index (χ4v) is 1.31. The van der Waals surface area contributed by atoms with Gasteiger partial charge in [-0.3, -0.25) is 0 Å². The largest absolute Gasteiger partial charge is 0.328 e. The molecule has 1 aromatic rings. The molecule has 1 aliphatic rings. The lowest BCUT2D eigenvalue weighted by Crippen LogP contribution is -2.21. The molecule has 0 N–H and O–H groups in total. The molecule has 2 rings (SSSR count). The third kappa shape index (κ3) is 1.64. The van der Waals surface area contributed by atoms with Crippen LogP contribution in [0.15, 0.2) is 48.3 Å². The average Bonchev–Trinajstić information content (AvgIpc) is 2.30. The van der Waals surface area contributed by atoms with Gasteiger partial charge in [0, 0.05) is 18.0 Å². The second kappa shape index (κ2) is 3.75. The molecule has 0 aromatic carbocycles. The minimum Gasteiger partial charge on any atom is -0.328 e. The van der Waals surface area contributed by atoms with Crippen molar-refractivity contribution in [3.05, 3.63) is 48.3 Å². The van der Waals surface area contributed by atoms with Crippen LogP contribution in [0.25, 0.3) is 0 Å². The molecule has 0 amide bonds. The van der Waals surface area contributed by atoms with Gasteiger partial charge in [-0.2, -0.15) is 5.26 Å². The highest BCUT2D eigenvalue weighted by molar-refractivity contribution is 5.49. The van der Waals surface area contributed by atoms with Gasteiger partial charge in [0.1, 0.15) is 5.82 Å². The molecule has 0 fully saturated rings. The van der Waals surface area contributed by atoms with E-state index in [4.69, 9.17) is 5.26 Å². The fraction of sp³-hybridized carbons (Fsp3) is 0.0909. The summed E-state index contributed by atoms with van der Waals surface area (Å²) < 4.78 is 0. The smallest absolute Gasteiger partial charge is 0.132 e. The Morgan fingerprint density at radius 3 is 3.07 bits per heavy atom. The maximum Gasteiger partial charge on any atom is 0.132 e. The number of hydrogen-bond acceptors (Lipinski definition) is 3. The van der Waals surface area contributed by atoms with Crippen LogP contribution in [0.3, 0.4) is 0 Å². The first-order chi connectivity index (χ1) is 6.90. The first-order valence-corrected chi connectivity index (χ1v) is 4.35. The number of allylic oxidation sites excluding steroid dienone is 2. The molecular formula is C11H9N3. The SMILES string of the molecule is N#CC1=CC=CN(c2ccccn2)C1. The van der Waals surface area contributed by atoms with Crippen molar-refractivity contribution in [2.24, 2.45) is 0 Å². The Morgan fingerprint density at radius 2 is 2.36 bits per heavy atom. The second-order valence-electron chi connectivity index (χ2n) is 2.96. The number of nitriles is 1. The van der Waals surface area contributed by atoms with Crippen molar-refractivity contribution >= 4 is 5.82 Å². The Balaban J connectivity index is 2.21. The standard InChI is InChI=1S/C11H9N3/c12-8-10-4-3-7-14(9-10)11-5-1-2-6-13-11/h1-7H,9H2. The van der Waals surface area contributed by atoms with Crippen LogP contribution in [0.5, 0.6) is 0 Å². The predicted octanol–water partition coefficient (Wildman–Crippen LogP) is 1.87. The Morgan fingerprint density at radius 1 is 1.43 bits per heavy atom. The van der Waals surface area contributed by atoms with Crippen molar-refractivity contribution in [3.63, 3.8) is 0 Å². The predicted molar refractivity (Wildman–Crippen MR) is 54.4 cm³/mol. The van der Waals surface area contributed by atoms with Crippen molar-refractivity contribution < 1.29 is 0 Å². The van der Waals surface area contributed by atoms with Crippen molar-refractivity contribution in [3.8, 4) is 6.07 Å². The minimum atomic E-state index is 0.601. The van der Waals surface area contributed by atoms with Gasteiger partial charge in [0.25, 0.3) is 0 Å². The first-order valence-electron chi connectivity index (χ1n) is 4.35. The lowest BCUT2D eigenvalue weighted by Gasteiger charge is -2.20. The summed E-state index contributed by atoms with van der Waals surface area (Å²) in [4.78, 5) is 6.15. The zero-order valence-electron chi connectivity index (χ0n) is 7.59. The molecule has 14 heavy (non-hydrogen) atoms. The van der Waals surface area contributed by atoms with Crippen LogP contribution in [0.1, 0.15) is 0 Å². The summed E-state index contributed by atoms with van der Waals surface area (Å²) >= 11 is 0. The number of anilines is 1. The van der Waals surface area contributed by atoms with E-state index in [9.17, 15) is 0 Å². The quantitative estimate of drug-likeness (QED) is 0.667. The van der Waals surface area contributed by atoms with Gasteiger partial charge in [-0.25, -0.2) is 4.98 Å². The zero-order valence-corrected chi connectivity index (χ0v) is 7.59. The Kier molecular flexibility index (Phi) is 2.28. The number of rotatable bonds is 1. The van der Waals surface area contributed by atoms with Crippen LogP contribution in [-0.2, 0) is 0 Å². The van der Waals surface area contributed by atoms with Gasteiger partial charge in [0.05, 0.1) is 12.6 Å². The molecule has 1 aliphatic heterocycles. The van der Waals surface area contributed by atoms with Crippen molar-refractivity contribution in [1.82, 2.24) is 4.98 Å². The minimum absolute atomic E-state index is 0.601. The first kappa shape index (κ1) is 8.52. The van der Waals surface area contributed by atoms with Gasteiger partial charge in [0.15, 0.2) is 0 Å². The molecule has 0 bridgehead atoms. The number of nitrogens with zero attached hydrogens (tertiary/aromatic N) is 3. The average molecular weight is 183 g/mol.